The van der Waals surface area contributed by atoms with Crippen LogP contribution in [0.25, 0.3) is 0 Å². The third kappa shape index (κ3) is 2.02. The summed E-state index contributed by atoms with van der Waals surface area (Å²) in [5.74, 6) is -0.517. The van der Waals surface area contributed by atoms with E-state index in [9.17, 15) is 19.7 Å². The first-order chi connectivity index (χ1) is 13.0. The summed E-state index contributed by atoms with van der Waals surface area (Å²) in [5, 5.41) is 11.2. The van der Waals surface area contributed by atoms with Gasteiger partial charge >= 0.3 is 5.97 Å². The smallest absolute Gasteiger partial charge is 0.327 e. The molecule has 136 valence electrons. The van der Waals surface area contributed by atoms with Crippen LogP contribution in [0.1, 0.15) is 28.8 Å². The molecule has 0 aromatic heterocycles. The number of para-hydroxylation sites is 1. The molecule has 7 nitrogen and oxygen atoms in total. The molecular weight excluding hydrogens is 348 g/mol. The second-order valence-electron chi connectivity index (χ2n) is 7.28. The predicted octanol–water partition coefficient (Wildman–Crippen LogP) is 2.91. The van der Waals surface area contributed by atoms with Crippen LogP contribution < -0.4 is 9.64 Å². The maximum atomic E-state index is 13.5. The van der Waals surface area contributed by atoms with Gasteiger partial charge in [0.25, 0.3) is 5.69 Å². The largest absolute Gasteiger partial charge is 0.425 e. The van der Waals surface area contributed by atoms with Crippen LogP contribution in [0, 0.1) is 15.5 Å². The van der Waals surface area contributed by atoms with Gasteiger partial charge in [-0.15, -0.1) is 0 Å². The summed E-state index contributed by atoms with van der Waals surface area (Å²) in [7, 11) is 0. The predicted molar refractivity (Wildman–Crippen MR) is 96.0 cm³/mol. The number of ether oxygens (including phenoxy) is 1. The number of esters is 1. The molecule has 0 bridgehead atoms. The Morgan fingerprint density at radius 2 is 2.00 bits per heavy atom. The van der Waals surface area contributed by atoms with E-state index in [0.717, 1.165) is 12.1 Å². The van der Waals surface area contributed by atoms with Crippen molar-refractivity contribution in [1.82, 2.24) is 0 Å². The van der Waals surface area contributed by atoms with E-state index in [1.807, 2.05) is 0 Å². The van der Waals surface area contributed by atoms with Crippen LogP contribution in [0.15, 0.2) is 42.5 Å². The number of hydrogen-bond acceptors (Lipinski definition) is 6. The third-order valence-electron chi connectivity index (χ3n) is 5.98. The summed E-state index contributed by atoms with van der Waals surface area (Å²) in [4.78, 5) is 39.4. The molecular formula is C20H16N2O5. The molecule has 2 aromatic rings. The van der Waals surface area contributed by atoms with E-state index < -0.39 is 16.3 Å². The van der Waals surface area contributed by atoms with Gasteiger partial charge in [0.2, 0.25) is 0 Å². The lowest BCUT2D eigenvalue weighted by Gasteiger charge is -2.47. The first-order valence-electron chi connectivity index (χ1n) is 8.92. The Morgan fingerprint density at radius 1 is 1.19 bits per heavy atom. The highest BCUT2D eigenvalue weighted by atomic mass is 16.6. The second kappa shape index (κ2) is 5.39. The van der Waals surface area contributed by atoms with Crippen LogP contribution >= 0.6 is 0 Å². The van der Waals surface area contributed by atoms with Crippen LogP contribution in [0.2, 0.25) is 0 Å². The molecule has 2 aromatic carbocycles. The lowest BCUT2D eigenvalue weighted by atomic mass is 9.65. The van der Waals surface area contributed by atoms with E-state index in [-0.39, 0.29) is 29.7 Å². The zero-order valence-corrected chi connectivity index (χ0v) is 14.4. The van der Waals surface area contributed by atoms with E-state index in [0.29, 0.717) is 24.1 Å². The van der Waals surface area contributed by atoms with E-state index in [1.165, 1.54) is 12.1 Å². The molecule has 2 unspecified atom stereocenters. The number of benzene rings is 2. The van der Waals surface area contributed by atoms with Gasteiger partial charge in [-0.3, -0.25) is 19.7 Å². The number of non-ortho nitro benzene ring substituents is 1. The molecule has 0 amide bonds. The van der Waals surface area contributed by atoms with Gasteiger partial charge in [-0.05, 0) is 36.6 Å². The van der Waals surface area contributed by atoms with Crippen molar-refractivity contribution in [2.45, 2.75) is 25.3 Å². The number of rotatable bonds is 1. The molecule has 3 heterocycles. The highest BCUT2D eigenvalue weighted by Gasteiger charge is 2.61. The Labute approximate surface area is 154 Å². The molecule has 0 aliphatic carbocycles. The van der Waals surface area contributed by atoms with Gasteiger partial charge < -0.3 is 9.64 Å². The number of hydrogen-bond donors (Lipinski definition) is 0. The number of nitro benzene ring substituents is 1. The summed E-state index contributed by atoms with van der Waals surface area (Å²) in [6, 6.07) is 11.1. The van der Waals surface area contributed by atoms with Crippen LogP contribution in [0.5, 0.6) is 5.75 Å². The highest BCUT2D eigenvalue weighted by molar-refractivity contribution is 6.18. The van der Waals surface area contributed by atoms with Crippen molar-refractivity contribution in [2.24, 2.45) is 5.41 Å². The summed E-state index contributed by atoms with van der Waals surface area (Å²) in [5.41, 5.74) is 0.518. The number of anilines is 1. The van der Waals surface area contributed by atoms with Gasteiger partial charge in [0, 0.05) is 30.8 Å². The number of nitro groups is 1. The Hall–Kier alpha value is -3.22. The number of Topliss-reactive ketones (excluding diaryl/α,β-unsaturated/α-hetero) is 1. The maximum absolute atomic E-state index is 13.5. The number of carbonyl (C=O) groups excluding carboxylic acids is 2. The second-order valence-corrected chi connectivity index (χ2v) is 7.28. The average Bonchev–Trinajstić information content (AvgIpc) is 3.16. The Bertz CT molecular complexity index is 1020. The van der Waals surface area contributed by atoms with Gasteiger partial charge in [-0.1, -0.05) is 12.1 Å². The average molecular weight is 364 g/mol. The molecule has 7 heteroatoms. The van der Waals surface area contributed by atoms with Crippen molar-refractivity contribution in [3.8, 4) is 5.75 Å². The molecule has 2 atom stereocenters. The van der Waals surface area contributed by atoms with E-state index in [4.69, 9.17) is 4.74 Å². The Kier molecular flexibility index (Phi) is 3.19. The number of carbonyl (C=O) groups is 2. The molecule has 0 N–H and O–H groups in total. The standard InChI is InChI=1S/C20H16N2O5/c23-18-14-4-1-2-5-16(14)27-19(24)20(18)11-12-10-13(22(25)26)7-8-15(12)21-9-3-6-17(20)21/h1-2,4-5,7-8,10,17H,3,6,9,11H2. The van der Waals surface area contributed by atoms with Gasteiger partial charge in [-0.2, -0.15) is 0 Å². The lowest BCUT2D eigenvalue weighted by molar-refractivity contribution is -0.384. The van der Waals surface area contributed by atoms with Crippen molar-refractivity contribution < 1.29 is 19.2 Å². The molecule has 5 rings (SSSR count). The topological polar surface area (TPSA) is 89.8 Å². The molecule has 0 saturated carbocycles. The molecule has 3 aliphatic rings. The van der Waals surface area contributed by atoms with E-state index >= 15 is 0 Å². The SMILES string of the molecule is O=C1Oc2ccccc2C(=O)C12Cc1cc([N+](=O)[O-])ccc1N1CCCC12. The summed E-state index contributed by atoms with van der Waals surface area (Å²) in [6.45, 7) is 0.708. The van der Waals surface area contributed by atoms with Gasteiger partial charge in [0.1, 0.15) is 5.75 Å². The third-order valence-corrected chi connectivity index (χ3v) is 5.98. The summed E-state index contributed by atoms with van der Waals surface area (Å²) >= 11 is 0. The fraction of sp³-hybridized carbons (Fsp3) is 0.300. The van der Waals surface area contributed by atoms with Crippen LogP contribution in [0.4, 0.5) is 11.4 Å². The quantitative estimate of drug-likeness (QED) is 0.254. The van der Waals surface area contributed by atoms with E-state index in [1.54, 1.807) is 30.3 Å². The maximum Gasteiger partial charge on any atom is 0.327 e. The van der Waals surface area contributed by atoms with Gasteiger partial charge in [-0.25, -0.2) is 0 Å². The number of ketones is 1. The Balaban J connectivity index is 1.71. The minimum absolute atomic E-state index is 0.0430. The van der Waals surface area contributed by atoms with Crippen molar-refractivity contribution in [2.75, 3.05) is 11.4 Å². The number of fused-ring (bicyclic) bond motifs is 5. The normalized spacial score (nSPS) is 25.6. The lowest BCUT2D eigenvalue weighted by Crippen LogP contribution is -2.61. The minimum atomic E-state index is -1.35. The monoisotopic (exact) mass is 364 g/mol. The molecule has 27 heavy (non-hydrogen) atoms. The fourth-order valence-corrected chi connectivity index (χ4v) is 4.80. The van der Waals surface area contributed by atoms with Crippen molar-refractivity contribution in [3.63, 3.8) is 0 Å². The zero-order valence-electron chi connectivity index (χ0n) is 14.4. The highest BCUT2D eigenvalue weighted by Crippen LogP contribution is 2.51. The van der Waals surface area contributed by atoms with Gasteiger partial charge in [0.05, 0.1) is 16.5 Å². The van der Waals surface area contributed by atoms with Crippen LogP contribution in [0.3, 0.4) is 0 Å². The summed E-state index contributed by atoms with van der Waals surface area (Å²) in [6.07, 6.45) is 1.68. The zero-order chi connectivity index (χ0) is 18.8. The van der Waals surface area contributed by atoms with Crippen molar-refractivity contribution >= 4 is 23.1 Å². The van der Waals surface area contributed by atoms with Crippen molar-refractivity contribution in [3.05, 3.63) is 63.7 Å². The first-order valence-corrected chi connectivity index (χ1v) is 8.92. The van der Waals surface area contributed by atoms with Crippen LogP contribution in [-0.2, 0) is 11.2 Å². The van der Waals surface area contributed by atoms with Crippen molar-refractivity contribution in [1.29, 1.82) is 0 Å². The molecule has 1 saturated heterocycles. The number of nitrogens with zero attached hydrogens (tertiary/aromatic N) is 2. The first kappa shape index (κ1) is 16.0. The molecule has 3 aliphatic heterocycles. The molecule has 1 fully saturated rings. The minimum Gasteiger partial charge on any atom is -0.425 e. The Morgan fingerprint density at radius 3 is 2.81 bits per heavy atom. The molecule has 0 radical (unpaired) electrons. The summed E-state index contributed by atoms with van der Waals surface area (Å²) < 4.78 is 5.58. The molecule has 1 spiro atoms. The van der Waals surface area contributed by atoms with Crippen LogP contribution in [-0.4, -0.2) is 29.3 Å². The fourth-order valence-electron chi connectivity index (χ4n) is 4.80. The van der Waals surface area contributed by atoms with E-state index in [2.05, 4.69) is 4.90 Å². The van der Waals surface area contributed by atoms with Gasteiger partial charge in [0.15, 0.2) is 11.2 Å².